The SMILES string of the molecule is CCCCCC(CCCCC)CC(=O)OCCCCCCCCCCC(CCCCCCCCOC(=O)CC(CCCCC)CCCCC)OC(=O)CCCN(C)CC. The number of nitrogens with zero attached hydrogens (tertiary/aromatic N) is 1. The second kappa shape index (κ2) is 44.4. The lowest BCUT2D eigenvalue weighted by Gasteiger charge is -2.19. The van der Waals surface area contributed by atoms with Gasteiger partial charge in [0, 0.05) is 19.3 Å². The molecular formula is C52H101NO6. The number of hydrogen-bond donors (Lipinski definition) is 0. The van der Waals surface area contributed by atoms with Gasteiger partial charge >= 0.3 is 17.9 Å². The van der Waals surface area contributed by atoms with E-state index in [4.69, 9.17) is 14.2 Å². The maximum absolute atomic E-state index is 12.7. The van der Waals surface area contributed by atoms with E-state index in [1.165, 1.54) is 116 Å². The van der Waals surface area contributed by atoms with Crippen molar-refractivity contribution in [2.24, 2.45) is 11.8 Å². The maximum atomic E-state index is 12.7. The molecule has 0 heterocycles. The summed E-state index contributed by atoms with van der Waals surface area (Å²) in [6, 6.07) is 0. The highest BCUT2D eigenvalue weighted by atomic mass is 16.5. The fourth-order valence-electron chi connectivity index (χ4n) is 8.26. The van der Waals surface area contributed by atoms with E-state index in [0.29, 0.717) is 44.3 Å². The van der Waals surface area contributed by atoms with Crippen molar-refractivity contribution in [2.45, 2.75) is 272 Å². The van der Waals surface area contributed by atoms with E-state index in [0.717, 1.165) is 109 Å². The summed E-state index contributed by atoms with van der Waals surface area (Å²) < 4.78 is 17.3. The molecule has 0 amide bonds. The number of carbonyl (C=O) groups is 3. The van der Waals surface area contributed by atoms with Crippen molar-refractivity contribution in [3.05, 3.63) is 0 Å². The summed E-state index contributed by atoms with van der Waals surface area (Å²) in [5.74, 6) is 0.960. The lowest BCUT2D eigenvalue weighted by atomic mass is 9.92. The first-order chi connectivity index (χ1) is 28.8. The number of unbranched alkanes of at least 4 members (excludes halogenated alkanes) is 20. The standard InChI is InChI=1S/C52H101NO6/c1-7-12-26-35-47(36-27-13-8-2)45-51(55)57-43-32-24-20-17-16-18-22-30-39-49(59-50(54)41-34-42-53(6)11-5)40-31-23-19-21-25-33-44-58-52(56)46-48(37-28-14-9-3)38-29-15-10-4/h47-49H,7-46H2,1-6H3. The molecule has 1 atom stereocenters. The second-order valence-corrected chi connectivity index (χ2v) is 18.2. The molecule has 0 spiro atoms. The van der Waals surface area contributed by atoms with E-state index >= 15 is 0 Å². The van der Waals surface area contributed by atoms with Crippen molar-refractivity contribution in [2.75, 3.05) is 33.4 Å². The third kappa shape index (κ3) is 40.2. The van der Waals surface area contributed by atoms with Crippen LogP contribution in [0, 0.1) is 11.8 Å². The van der Waals surface area contributed by atoms with Crippen molar-refractivity contribution < 1.29 is 28.6 Å². The normalized spacial score (nSPS) is 12.2. The summed E-state index contributed by atoms with van der Waals surface area (Å²) in [4.78, 5) is 40.0. The highest BCUT2D eigenvalue weighted by Crippen LogP contribution is 2.24. The lowest BCUT2D eigenvalue weighted by Crippen LogP contribution is -2.22. The van der Waals surface area contributed by atoms with Gasteiger partial charge in [-0.3, -0.25) is 14.4 Å². The van der Waals surface area contributed by atoms with Gasteiger partial charge in [-0.15, -0.1) is 0 Å². The van der Waals surface area contributed by atoms with Crippen LogP contribution >= 0.6 is 0 Å². The first kappa shape index (κ1) is 57.4. The summed E-state index contributed by atoms with van der Waals surface area (Å²) in [7, 11) is 2.10. The van der Waals surface area contributed by atoms with Gasteiger partial charge in [-0.1, -0.05) is 176 Å². The van der Waals surface area contributed by atoms with Crippen LogP contribution in [-0.2, 0) is 28.6 Å². The van der Waals surface area contributed by atoms with Crippen molar-refractivity contribution in [3.63, 3.8) is 0 Å². The molecule has 1 unspecified atom stereocenters. The molecule has 7 heteroatoms. The average molecular weight is 836 g/mol. The van der Waals surface area contributed by atoms with E-state index in [1.54, 1.807) is 0 Å². The molecule has 0 aromatic carbocycles. The topological polar surface area (TPSA) is 82.1 Å². The van der Waals surface area contributed by atoms with E-state index in [2.05, 4.69) is 46.6 Å². The van der Waals surface area contributed by atoms with Gasteiger partial charge in [0.2, 0.25) is 0 Å². The molecule has 0 aliphatic rings. The van der Waals surface area contributed by atoms with Crippen LogP contribution in [0.25, 0.3) is 0 Å². The minimum absolute atomic E-state index is 0.00148. The minimum Gasteiger partial charge on any atom is -0.466 e. The monoisotopic (exact) mass is 836 g/mol. The molecule has 0 aliphatic carbocycles. The fourth-order valence-corrected chi connectivity index (χ4v) is 8.26. The fraction of sp³-hybridized carbons (Fsp3) is 0.942. The summed E-state index contributed by atoms with van der Waals surface area (Å²) in [6.45, 7) is 14.1. The summed E-state index contributed by atoms with van der Waals surface area (Å²) >= 11 is 0. The van der Waals surface area contributed by atoms with Gasteiger partial charge in [0.25, 0.3) is 0 Å². The number of esters is 3. The van der Waals surface area contributed by atoms with Gasteiger partial charge < -0.3 is 19.1 Å². The van der Waals surface area contributed by atoms with E-state index < -0.39 is 0 Å². The molecule has 0 radical (unpaired) electrons. The lowest BCUT2D eigenvalue weighted by molar-refractivity contribution is -0.150. The molecule has 0 saturated heterocycles. The molecular weight excluding hydrogens is 735 g/mol. The molecule has 0 aliphatic heterocycles. The molecule has 0 aromatic heterocycles. The molecule has 0 aromatic rings. The van der Waals surface area contributed by atoms with Gasteiger partial charge in [-0.2, -0.15) is 0 Å². The summed E-state index contributed by atoms with van der Waals surface area (Å²) in [5.41, 5.74) is 0. The Morgan fingerprint density at radius 1 is 0.407 bits per heavy atom. The Morgan fingerprint density at radius 3 is 1.10 bits per heavy atom. The maximum Gasteiger partial charge on any atom is 0.306 e. The third-order valence-corrected chi connectivity index (χ3v) is 12.4. The number of ether oxygens (including phenoxy) is 3. The highest BCUT2D eigenvalue weighted by Gasteiger charge is 2.17. The van der Waals surface area contributed by atoms with Crippen LogP contribution in [0.1, 0.15) is 266 Å². The zero-order valence-corrected chi connectivity index (χ0v) is 40.4. The summed E-state index contributed by atoms with van der Waals surface area (Å²) in [5, 5.41) is 0. The minimum atomic E-state index is -0.0354. The molecule has 0 N–H and O–H groups in total. The van der Waals surface area contributed by atoms with Gasteiger partial charge in [0.05, 0.1) is 13.2 Å². The second-order valence-electron chi connectivity index (χ2n) is 18.2. The predicted octanol–water partition coefficient (Wildman–Crippen LogP) is 15.3. The van der Waals surface area contributed by atoms with Crippen molar-refractivity contribution in [1.82, 2.24) is 4.90 Å². The Morgan fingerprint density at radius 2 is 0.746 bits per heavy atom. The molecule has 0 fully saturated rings. The van der Waals surface area contributed by atoms with Crippen LogP contribution in [0.2, 0.25) is 0 Å². The van der Waals surface area contributed by atoms with Crippen molar-refractivity contribution in [1.29, 1.82) is 0 Å². The van der Waals surface area contributed by atoms with Crippen LogP contribution in [0.4, 0.5) is 0 Å². The van der Waals surface area contributed by atoms with Crippen molar-refractivity contribution >= 4 is 17.9 Å². The van der Waals surface area contributed by atoms with Gasteiger partial charge in [-0.05, 0) is 103 Å². The Balaban J connectivity index is 4.30. The molecule has 350 valence electrons. The van der Waals surface area contributed by atoms with Crippen LogP contribution in [-0.4, -0.2) is 62.3 Å². The first-order valence-electron chi connectivity index (χ1n) is 26.0. The van der Waals surface area contributed by atoms with Gasteiger partial charge in [0.1, 0.15) is 6.10 Å². The predicted molar refractivity (Wildman–Crippen MR) is 251 cm³/mol. The summed E-state index contributed by atoms with van der Waals surface area (Å²) in [6.07, 6.45) is 39.9. The largest absolute Gasteiger partial charge is 0.466 e. The highest BCUT2D eigenvalue weighted by molar-refractivity contribution is 5.70. The Hall–Kier alpha value is -1.63. The number of carbonyl (C=O) groups excluding carboxylic acids is 3. The smallest absolute Gasteiger partial charge is 0.306 e. The molecule has 0 saturated carbocycles. The zero-order valence-electron chi connectivity index (χ0n) is 40.4. The molecule has 0 bridgehead atoms. The van der Waals surface area contributed by atoms with Gasteiger partial charge in [0.15, 0.2) is 0 Å². The number of hydrogen-bond acceptors (Lipinski definition) is 7. The Bertz CT molecular complexity index is 907. The quantitative estimate of drug-likeness (QED) is 0.0343. The van der Waals surface area contributed by atoms with Crippen LogP contribution in [0.5, 0.6) is 0 Å². The van der Waals surface area contributed by atoms with Crippen molar-refractivity contribution in [3.8, 4) is 0 Å². The van der Waals surface area contributed by atoms with Crippen LogP contribution < -0.4 is 0 Å². The Kier molecular flexibility index (Phi) is 43.2. The van der Waals surface area contributed by atoms with Gasteiger partial charge in [-0.25, -0.2) is 0 Å². The molecule has 59 heavy (non-hydrogen) atoms. The van der Waals surface area contributed by atoms with E-state index in [9.17, 15) is 14.4 Å². The Labute approximate surface area is 367 Å². The van der Waals surface area contributed by atoms with Crippen LogP contribution in [0.3, 0.4) is 0 Å². The zero-order chi connectivity index (χ0) is 43.4. The van der Waals surface area contributed by atoms with E-state index in [1.807, 2.05) is 0 Å². The third-order valence-electron chi connectivity index (χ3n) is 12.4. The van der Waals surface area contributed by atoms with E-state index in [-0.39, 0.29) is 24.0 Å². The average Bonchev–Trinajstić information content (AvgIpc) is 3.22. The molecule has 7 nitrogen and oxygen atoms in total. The first-order valence-corrected chi connectivity index (χ1v) is 26.0. The number of rotatable bonds is 46. The molecule has 0 rings (SSSR count). The van der Waals surface area contributed by atoms with Crippen LogP contribution in [0.15, 0.2) is 0 Å².